The highest BCUT2D eigenvalue weighted by atomic mass is 14.9. The molecule has 0 bridgehead atoms. The van der Waals surface area contributed by atoms with Crippen molar-refractivity contribution in [3.8, 4) is 33.6 Å². The number of nitrogens with zero attached hydrogens (tertiary/aromatic N) is 2. The van der Waals surface area contributed by atoms with Crippen molar-refractivity contribution in [3.05, 3.63) is 71.6 Å². The van der Waals surface area contributed by atoms with Crippen molar-refractivity contribution in [2.24, 2.45) is 0 Å². The number of aromatic nitrogens is 4. The summed E-state index contributed by atoms with van der Waals surface area (Å²) in [4.78, 5) is 16.0. The van der Waals surface area contributed by atoms with Crippen LogP contribution in [-0.4, -0.2) is 19.9 Å². The summed E-state index contributed by atoms with van der Waals surface area (Å²) >= 11 is 0. The normalized spacial score (nSPS) is 12.6. The second-order valence-corrected chi connectivity index (χ2v) is 8.59. The average Bonchev–Trinajstić information content (AvgIpc) is 3.43. The average molecular weight is 383 g/mol. The standard InChI is InChI=1S/C25H26N4/c1-14(2)24-26-12-22(28-24)16-5-7-20-18(9-16)11-19-10-17(6-8-21(19)20)23-13-27-25(29-23)15(3)4/h5-10,12-15H,11H2,1-4H3,(H,26,28)(H,27,29). The Balaban J connectivity index is 1.46. The second kappa shape index (κ2) is 6.73. The van der Waals surface area contributed by atoms with E-state index >= 15 is 0 Å². The minimum atomic E-state index is 0.402. The Morgan fingerprint density at radius 2 is 1.14 bits per heavy atom. The number of rotatable bonds is 4. The summed E-state index contributed by atoms with van der Waals surface area (Å²) in [7, 11) is 0. The van der Waals surface area contributed by atoms with E-state index in [0.717, 1.165) is 29.5 Å². The molecule has 4 aromatic rings. The zero-order valence-corrected chi connectivity index (χ0v) is 17.4. The lowest BCUT2D eigenvalue weighted by Crippen LogP contribution is -1.89. The number of nitrogens with one attached hydrogen (secondary N) is 2. The van der Waals surface area contributed by atoms with E-state index in [1.165, 1.54) is 33.4 Å². The van der Waals surface area contributed by atoms with Crippen LogP contribution >= 0.6 is 0 Å². The van der Waals surface area contributed by atoms with Crippen LogP contribution in [0.4, 0.5) is 0 Å². The third-order valence-electron chi connectivity index (χ3n) is 5.79. The summed E-state index contributed by atoms with van der Waals surface area (Å²) in [6.07, 6.45) is 4.85. The van der Waals surface area contributed by atoms with Crippen LogP contribution in [0.1, 0.15) is 62.3 Å². The number of hydrogen-bond donors (Lipinski definition) is 2. The zero-order valence-electron chi connectivity index (χ0n) is 17.4. The number of aromatic amines is 2. The molecule has 4 nitrogen and oxygen atoms in total. The van der Waals surface area contributed by atoms with E-state index in [9.17, 15) is 0 Å². The first-order valence-corrected chi connectivity index (χ1v) is 10.4. The Morgan fingerprint density at radius 3 is 1.52 bits per heavy atom. The van der Waals surface area contributed by atoms with Gasteiger partial charge in [0.1, 0.15) is 11.6 Å². The number of benzene rings is 2. The van der Waals surface area contributed by atoms with Crippen molar-refractivity contribution in [3.63, 3.8) is 0 Å². The molecule has 2 N–H and O–H groups in total. The van der Waals surface area contributed by atoms with Crippen LogP contribution < -0.4 is 0 Å². The topological polar surface area (TPSA) is 57.4 Å². The molecule has 2 heterocycles. The molecule has 2 aromatic heterocycles. The number of hydrogen-bond acceptors (Lipinski definition) is 2. The van der Waals surface area contributed by atoms with Crippen molar-refractivity contribution >= 4 is 0 Å². The number of H-pyrrole nitrogens is 2. The van der Waals surface area contributed by atoms with Crippen molar-refractivity contribution in [2.45, 2.75) is 46.0 Å². The molecule has 0 amide bonds. The highest BCUT2D eigenvalue weighted by Crippen LogP contribution is 2.40. The fourth-order valence-corrected chi connectivity index (χ4v) is 4.10. The van der Waals surface area contributed by atoms with Gasteiger partial charge in [-0.15, -0.1) is 0 Å². The SMILES string of the molecule is CC(C)c1ncc(-c2ccc3c(c2)Cc2cc(-c4cnc(C(C)C)[nH]4)ccc2-3)[nH]1. The van der Waals surface area contributed by atoms with Crippen LogP contribution in [0.3, 0.4) is 0 Å². The Morgan fingerprint density at radius 1 is 0.690 bits per heavy atom. The first kappa shape index (κ1) is 17.9. The van der Waals surface area contributed by atoms with Crippen molar-refractivity contribution in [1.29, 1.82) is 0 Å². The lowest BCUT2D eigenvalue weighted by atomic mass is 10.0. The molecule has 146 valence electrons. The van der Waals surface area contributed by atoms with E-state index in [1.54, 1.807) is 0 Å². The van der Waals surface area contributed by atoms with Gasteiger partial charge in [0.25, 0.3) is 0 Å². The number of imidazole rings is 2. The monoisotopic (exact) mass is 382 g/mol. The molecule has 29 heavy (non-hydrogen) atoms. The fourth-order valence-electron chi connectivity index (χ4n) is 4.10. The van der Waals surface area contributed by atoms with Crippen LogP contribution in [-0.2, 0) is 6.42 Å². The zero-order chi connectivity index (χ0) is 20.1. The molecule has 0 radical (unpaired) electrons. The molecule has 0 aliphatic heterocycles. The first-order chi connectivity index (χ1) is 14.0. The molecule has 4 heteroatoms. The van der Waals surface area contributed by atoms with Gasteiger partial charge >= 0.3 is 0 Å². The summed E-state index contributed by atoms with van der Waals surface area (Å²) in [5.41, 5.74) is 10.0. The summed E-state index contributed by atoms with van der Waals surface area (Å²) in [6.45, 7) is 8.62. The van der Waals surface area contributed by atoms with E-state index in [4.69, 9.17) is 0 Å². The van der Waals surface area contributed by atoms with E-state index in [0.29, 0.717) is 11.8 Å². The molecular weight excluding hydrogens is 356 g/mol. The van der Waals surface area contributed by atoms with Gasteiger partial charge < -0.3 is 9.97 Å². The Bertz CT molecular complexity index is 1100. The highest BCUT2D eigenvalue weighted by Gasteiger charge is 2.20. The van der Waals surface area contributed by atoms with Crippen LogP contribution in [0.25, 0.3) is 33.6 Å². The smallest absolute Gasteiger partial charge is 0.109 e. The largest absolute Gasteiger partial charge is 0.342 e. The molecular formula is C25H26N4. The summed E-state index contributed by atoms with van der Waals surface area (Å²) in [5.74, 6) is 2.88. The molecule has 2 aromatic carbocycles. The van der Waals surface area contributed by atoms with Crippen LogP contribution in [0, 0.1) is 0 Å². The van der Waals surface area contributed by atoms with Crippen molar-refractivity contribution in [2.75, 3.05) is 0 Å². The predicted molar refractivity (Wildman–Crippen MR) is 118 cm³/mol. The van der Waals surface area contributed by atoms with Crippen LogP contribution in [0.5, 0.6) is 0 Å². The van der Waals surface area contributed by atoms with Gasteiger partial charge in [0, 0.05) is 11.8 Å². The maximum atomic E-state index is 4.52. The van der Waals surface area contributed by atoms with Gasteiger partial charge in [-0.3, -0.25) is 0 Å². The molecule has 0 saturated heterocycles. The molecule has 1 aliphatic carbocycles. The Hall–Kier alpha value is -3.14. The van der Waals surface area contributed by atoms with Crippen LogP contribution in [0.15, 0.2) is 48.8 Å². The van der Waals surface area contributed by atoms with Gasteiger partial charge in [-0.1, -0.05) is 52.0 Å². The quantitative estimate of drug-likeness (QED) is 0.384. The highest BCUT2D eigenvalue weighted by molar-refractivity contribution is 5.81. The van der Waals surface area contributed by atoms with Gasteiger partial charge in [0.05, 0.1) is 23.8 Å². The molecule has 0 spiro atoms. The molecule has 0 fully saturated rings. The fraction of sp³-hybridized carbons (Fsp3) is 0.280. The summed E-state index contributed by atoms with van der Waals surface area (Å²) in [6, 6.07) is 13.5. The predicted octanol–water partition coefficient (Wildman–Crippen LogP) is 6.28. The number of fused-ring (bicyclic) bond motifs is 3. The Labute approximate surface area is 171 Å². The molecule has 0 unspecified atom stereocenters. The first-order valence-electron chi connectivity index (χ1n) is 10.4. The maximum absolute atomic E-state index is 4.52. The minimum absolute atomic E-state index is 0.402. The van der Waals surface area contributed by atoms with E-state index in [1.807, 2.05) is 12.4 Å². The van der Waals surface area contributed by atoms with Crippen LogP contribution in [0.2, 0.25) is 0 Å². The van der Waals surface area contributed by atoms with Gasteiger partial charge in [-0.2, -0.15) is 0 Å². The summed E-state index contributed by atoms with van der Waals surface area (Å²) in [5, 5.41) is 0. The summed E-state index contributed by atoms with van der Waals surface area (Å²) < 4.78 is 0. The molecule has 0 atom stereocenters. The van der Waals surface area contributed by atoms with E-state index < -0.39 is 0 Å². The Kier molecular flexibility index (Phi) is 4.16. The molecule has 5 rings (SSSR count). The lowest BCUT2D eigenvalue weighted by Gasteiger charge is -2.05. The van der Waals surface area contributed by atoms with Gasteiger partial charge in [0.15, 0.2) is 0 Å². The van der Waals surface area contributed by atoms with Gasteiger partial charge in [-0.05, 0) is 51.9 Å². The third kappa shape index (κ3) is 3.09. The maximum Gasteiger partial charge on any atom is 0.109 e. The van der Waals surface area contributed by atoms with Crippen molar-refractivity contribution < 1.29 is 0 Å². The van der Waals surface area contributed by atoms with Gasteiger partial charge in [0.2, 0.25) is 0 Å². The second-order valence-electron chi connectivity index (χ2n) is 8.59. The third-order valence-corrected chi connectivity index (χ3v) is 5.79. The van der Waals surface area contributed by atoms with E-state index in [2.05, 4.69) is 84.0 Å². The molecule has 1 aliphatic rings. The minimum Gasteiger partial charge on any atom is -0.342 e. The molecule has 0 saturated carbocycles. The van der Waals surface area contributed by atoms with E-state index in [-0.39, 0.29) is 0 Å². The lowest BCUT2D eigenvalue weighted by molar-refractivity contribution is 0.795. The van der Waals surface area contributed by atoms with Gasteiger partial charge in [-0.25, -0.2) is 9.97 Å². The van der Waals surface area contributed by atoms with Crippen molar-refractivity contribution in [1.82, 2.24) is 19.9 Å².